The molecular weight excluding hydrogens is 362 g/mol. The van der Waals surface area contributed by atoms with E-state index in [0.717, 1.165) is 38.0 Å². The van der Waals surface area contributed by atoms with Crippen molar-refractivity contribution in [2.45, 2.75) is 63.0 Å². The van der Waals surface area contributed by atoms with Gasteiger partial charge in [-0.15, -0.1) is 0 Å². The van der Waals surface area contributed by atoms with E-state index in [1.807, 2.05) is 0 Å². The Bertz CT molecular complexity index is 883. The number of benzene rings is 1. The Morgan fingerprint density at radius 3 is 2.78 bits per heavy atom. The van der Waals surface area contributed by atoms with Gasteiger partial charge in [0.05, 0.1) is 28.2 Å². The normalized spacial score (nSPS) is 20.9. The van der Waals surface area contributed by atoms with Crippen LogP contribution in [0.15, 0.2) is 35.4 Å². The van der Waals surface area contributed by atoms with Gasteiger partial charge in [-0.2, -0.15) is 0 Å². The zero-order valence-corrected chi connectivity index (χ0v) is 16.8. The summed E-state index contributed by atoms with van der Waals surface area (Å²) in [6.45, 7) is 5.17. The van der Waals surface area contributed by atoms with Gasteiger partial charge < -0.3 is 10.1 Å². The Labute approximate surface area is 161 Å². The minimum absolute atomic E-state index is 0.101. The molecule has 1 fully saturated rings. The fourth-order valence-corrected chi connectivity index (χ4v) is 4.36. The lowest BCUT2D eigenvalue weighted by atomic mass is 9.92. The van der Waals surface area contributed by atoms with Crippen molar-refractivity contribution < 1.29 is 13.2 Å². The Balaban J connectivity index is 1.84. The van der Waals surface area contributed by atoms with Crippen molar-refractivity contribution in [2.75, 3.05) is 11.9 Å². The summed E-state index contributed by atoms with van der Waals surface area (Å²) in [5, 5.41) is 9.47. The first-order valence-corrected chi connectivity index (χ1v) is 11.2. The molecule has 27 heavy (non-hydrogen) atoms. The summed E-state index contributed by atoms with van der Waals surface area (Å²) in [4.78, 5) is 4.51. The molecule has 2 aromatic rings. The highest BCUT2D eigenvalue weighted by atomic mass is 32.2. The topological polar surface area (TPSA) is 94.3 Å². The van der Waals surface area contributed by atoms with Gasteiger partial charge in [0.15, 0.2) is 0 Å². The number of primary sulfonamides is 1. The van der Waals surface area contributed by atoms with Crippen LogP contribution in [0.2, 0.25) is 0 Å². The number of sulfonamides is 1. The zero-order chi connectivity index (χ0) is 19.4. The van der Waals surface area contributed by atoms with Gasteiger partial charge in [-0.25, -0.2) is 13.6 Å². The lowest BCUT2D eigenvalue weighted by Crippen LogP contribution is -2.38. The van der Waals surface area contributed by atoms with Crippen LogP contribution in [0.4, 0.5) is 5.69 Å². The van der Waals surface area contributed by atoms with Crippen molar-refractivity contribution in [2.24, 2.45) is 11.1 Å². The zero-order valence-electron chi connectivity index (χ0n) is 16.0. The molecule has 0 unspecified atom stereocenters. The number of pyridine rings is 1. The third-order valence-corrected chi connectivity index (χ3v) is 6.08. The summed E-state index contributed by atoms with van der Waals surface area (Å²) >= 11 is 0. The van der Waals surface area contributed by atoms with E-state index in [9.17, 15) is 8.42 Å². The van der Waals surface area contributed by atoms with Gasteiger partial charge in [-0.3, -0.25) is 4.98 Å². The number of hydrogen-bond acceptors (Lipinski definition) is 5. The number of nitrogens with zero attached hydrogens (tertiary/aromatic N) is 1. The Morgan fingerprint density at radius 1 is 1.26 bits per heavy atom. The number of rotatable bonds is 7. The first-order chi connectivity index (χ1) is 12.9. The molecule has 1 aromatic heterocycles. The minimum atomic E-state index is -3.80. The van der Waals surface area contributed by atoms with Gasteiger partial charge >= 0.3 is 0 Å². The van der Waals surface area contributed by atoms with Gasteiger partial charge in [0, 0.05) is 18.2 Å². The van der Waals surface area contributed by atoms with Crippen molar-refractivity contribution in [1.29, 1.82) is 0 Å². The second-order valence-electron chi connectivity index (χ2n) is 7.68. The second-order valence-corrected chi connectivity index (χ2v) is 9.21. The third kappa shape index (κ3) is 4.97. The molecule has 0 aliphatic heterocycles. The van der Waals surface area contributed by atoms with Crippen LogP contribution in [0.5, 0.6) is 0 Å². The van der Waals surface area contributed by atoms with Gasteiger partial charge in [0.25, 0.3) is 0 Å². The standard InChI is InChI=1S/C20H29N3O3S/c1-14(2)11-13-26-18-8-4-3-7-16(18)23-17-9-10-19(27(21,24)25)15-6-5-12-22-20(15)17/h5-6,9-10,12,14,16,18,23H,3-4,7-8,11,13H2,1-2H3,(H2,21,24,25)/t16-,18+/m0/s1. The summed E-state index contributed by atoms with van der Waals surface area (Å²) < 4.78 is 29.9. The molecule has 1 aliphatic rings. The van der Waals surface area contributed by atoms with E-state index in [1.165, 1.54) is 6.42 Å². The molecule has 1 aromatic carbocycles. The molecule has 2 atom stereocenters. The van der Waals surface area contributed by atoms with Crippen molar-refractivity contribution >= 4 is 26.6 Å². The van der Waals surface area contributed by atoms with E-state index in [0.29, 0.717) is 16.8 Å². The first-order valence-electron chi connectivity index (χ1n) is 9.65. The fourth-order valence-electron chi connectivity index (χ4n) is 3.63. The van der Waals surface area contributed by atoms with Crippen LogP contribution in [-0.2, 0) is 14.8 Å². The Morgan fingerprint density at radius 2 is 2.04 bits per heavy atom. The van der Waals surface area contributed by atoms with Crippen LogP contribution in [0.3, 0.4) is 0 Å². The third-order valence-electron chi connectivity index (χ3n) is 5.11. The molecule has 0 spiro atoms. The van der Waals surface area contributed by atoms with Gasteiger partial charge in [0.2, 0.25) is 10.0 Å². The molecule has 0 amide bonds. The summed E-state index contributed by atoms with van der Waals surface area (Å²) in [6.07, 6.45) is 7.27. The summed E-state index contributed by atoms with van der Waals surface area (Å²) in [5.41, 5.74) is 1.44. The number of nitrogens with two attached hydrogens (primary N) is 1. The predicted molar refractivity (Wildman–Crippen MR) is 108 cm³/mol. The average molecular weight is 392 g/mol. The lowest BCUT2D eigenvalue weighted by molar-refractivity contribution is 0.0150. The quantitative estimate of drug-likeness (QED) is 0.751. The molecule has 0 saturated heterocycles. The highest BCUT2D eigenvalue weighted by Gasteiger charge is 2.27. The largest absolute Gasteiger partial charge is 0.378 e. The number of aromatic nitrogens is 1. The molecule has 1 heterocycles. The fraction of sp³-hybridized carbons (Fsp3) is 0.550. The van der Waals surface area contributed by atoms with Crippen LogP contribution in [0.1, 0.15) is 46.0 Å². The molecule has 3 rings (SSSR count). The highest BCUT2D eigenvalue weighted by Crippen LogP contribution is 2.31. The SMILES string of the molecule is CC(C)CCO[C@@H]1CCCC[C@@H]1Nc1ccc(S(N)(=O)=O)c2cccnc12. The van der Waals surface area contributed by atoms with Gasteiger partial charge in [-0.1, -0.05) is 26.7 Å². The molecule has 1 saturated carbocycles. The van der Waals surface area contributed by atoms with Crippen molar-refractivity contribution in [3.63, 3.8) is 0 Å². The number of anilines is 1. The molecule has 148 valence electrons. The van der Waals surface area contributed by atoms with Gasteiger partial charge in [0.1, 0.15) is 0 Å². The number of nitrogens with one attached hydrogen (secondary N) is 1. The molecule has 6 nitrogen and oxygen atoms in total. The summed E-state index contributed by atoms with van der Waals surface area (Å²) in [5.74, 6) is 0.624. The summed E-state index contributed by atoms with van der Waals surface area (Å²) in [7, 11) is -3.80. The lowest BCUT2D eigenvalue weighted by Gasteiger charge is -2.33. The summed E-state index contributed by atoms with van der Waals surface area (Å²) in [6, 6.07) is 6.97. The minimum Gasteiger partial charge on any atom is -0.378 e. The molecular formula is C20H29N3O3S. The van der Waals surface area contributed by atoms with E-state index in [-0.39, 0.29) is 17.0 Å². The van der Waals surface area contributed by atoms with Gasteiger partial charge in [-0.05, 0) is 49.4 Å². The van der Waals surface area contributed by atoms with E-state index >= 15 is 0 Å². The monoisotopic (exact) mass is 391 g/mol. The molecule has 1 aliphatic carbocycles. The highest BCUT2D eigenvalue weighted by molar-refractivity contribution is 7.89. The maximum absolute atomic E-state index is 11.9. The molecule has 3 N–H and O–H groups in total. The number of fused-ring (bicyclic) bond motifs is 1. The van der Waals surface area contributed by atoms with E-state index < -0.39 is 10.0 Å². The Hall–Kier alpha value is -1.70. The molecule has 0 radical (unpaired) electrons. The number of hydrogen-bond donors (Lipinski definition) is 2. The molecule has 0 bridgehead atoms. The van der Waals surface area contributed by atoms with Crippen LogP contribution in [-0.4, -0.2) is 32.2 Å². The van der Waals surface area contributed by atoms with Crippen molar-refractivity contribution in [3.05, 3.63) is 30.5 Å². The van der Waals surface area contributed by atoms with Crippen molar-refractivity contribution in [1.82, 2.24) is 4.98 Å². The first kappa shape index (κ1) is 20.0. The molecule has 7 heteroatoms. The Kier molecular flexibility index (Phi) is 6.34. The second kappa shape index (κ2) is 8.54. The van der Waals surface area contributed by atoms with E-state index in [2.05, 4.69) is 24.1 Å². The van der Waals surface area contributed by atoms with Crippen LogP contribution >= 0.6 is 0 Å². The van der Waals surface area contributed by atoms with Crippen LogP contribution < -0.4 is 10.5 Å². The average Bonchev–Trinajstić information content (AvgIpc) is 2.62. The number of ether oxygens (including phenoxy) is 1. The van der Waals surface area contributed by atoms with Crippen LogP contribution in [0, 0.1) is 5.92 Å². The predicted octanol–water partition coefficient (Wildman–Crippen LogP) is 3.67. The van der Waals surface area contributed by atoms with Crippen LogP contribution in [0.25, 0.3) is 10.9 Å². The van der Waals surface area contributed by atoms with Crippen molar-refractivity contribution in [3.8, 4) is 0 Å². The van der Waals surface area contributed by atoms with E-state index in [1.54, 1.807) is 30.5 Å². The maximum atomic E-state index is 11.9. The smallest absolute Gasteiger partial charge is 0.238 e. The van der Waals surface area contributed by atoms with E-state index in [4.69, 9.17) is 9.88 Å². The maximum Gasteiger partial charge on any atom is 0.238 e.